The normalized spacial score (nSPS) is 14.8. The van der Waals surface area contributed by atoms with E-state index in [1.54, 1.807) is 36.6 Å². The first-order chi connectivity index (χ1) is 14.4. The minimum Gasteiger partial charge on any atom is -0.449 e. The third-order valence-electron chi connectivity index (χ3n) is 5.44. The molecule has 3 rings (SSSR count). The number of carbonyl (C=O) groups excluding carboxylic acids is 2. The number of carbonyl (C=O) groups is 2. The van der Waals surface area contributed by atoms with Gasteiger partial charge in [-0.2, -0.15) is 0 Å². The average molecular weight is 412 g/mol. The molecule has 7 nitrogen and oxygen atoms in total. The third kappa shape index (κ3) is 4.96. The minimum atomic E-state index is -0.896. The van der Waals surface area contributed by atoms with Crippen molar-refractivity contribution in [3.05, 3.63) is 51.5 Å². The molecule has 1 aliphatic carbocycles. The maximum absolute atomic E-state index is 12.5. The number of nitrogens with zero attached hydrogens (tertiary/aromatic N) is 2. The molecule has 2 aromatic rings. The van der Waals surface area contributed by atoms with Gasteiger partial charge in [0.15, 0.2) is 6.10 Å². The lowest BCUT2D eigenvalue weighted by molar-refractivity contribution is -0.129. The van der Waals surface area contributed by atoms with Gasteiger partial charge in [0.05, 0.1) is 16.6 Å². The number of aromatic nitrogens is 2. The zero-order valence-corrected chi connectivity index (χ0v) is 17.9. The predicted molar refractivity (Wildman–Crippen MR) is 115 cm³/mol. The highest BCUT2D eigenvalue weighted by Gasteiger charge is 2.19. The van der Waals surface area contributed by atoms with Crippen molar-refractivity contribution in [2.75, 3.05) is 6.54 Å². The fourth-order valence-corrected chi connectivity index (χ4v) is 3.72. The first-order valence-corrected chi connectivity index (χ1v) is 10.6. The molecule has 0 fully saturated rings. The summed E-state index contributed by atoms with van der Waals surface area (Å²) in [5, 5.41) is 2.84. The Hall–Kier alpha value is -2.96. The molecular formula is C23H29N3O4. The van der Waals surface area contributed by atoms with Crippen molar-refractivity contribution in [3.8, 4) is 0 Å². The molecule has 1 heterocycles. The van der Waals surface area contributed by atoms with E-state index < -0.39 is 12.1 Å². The standard InChI is InChI=1S/C23H29N3O4/c1-4-26-20-11-10-18(14-19(20)25-15(2)22(26)28)23(29)30-16(3)21(27)24-13-12-17-8-6-5-7-9-17/h8,10-11,14,16H,4-7,9,12-13H2,1-3H3,(H,24,27)/t16-/m0/s1. The first-order valence-electron chi connectivity index (χ1n) is 10.6. The summed E-state index contributed by atoms with van der Waals surface area (Å²) in [5.41, 5.74) is 3.11. The number of hydrogen-bond acceptors (Lipinski definition) is 5. The van der Waals surface area contributed by atoms with E-state index in [2.05, 4.69) is 16.4 Å². The molecule has 7 heteroatoms. The fourth-order valence-electron chi connectivity index (χ4n) is 3.72. The van der Waals surface area contributed by atoms with Crippen molar-refractivity contribution in [1.82, 2.24) is 14.9 Å². The van der Waals surface area contributed by atoms with Gasteiger partial charge in [-0.05, 0) is 71.1 Å². The van der Waals surface area contributed by atoms with Crippen LogP contribution >= 0.6 is 0 Å². The van der Waals surface area contributed by atoms with Gasteiger partial charge in [0, 0.05) is 13.1 Å². The molecule has 1 amide bonds. The number of fused-ring (bicyclic) bond motifs is 1. The van der Waals surface area contributed by atoms with Gasteiger partial charge in [-0.15, -0.1) is 0 Å². The molecule has 160 valence electrons. The number of allylic oxidation sites excluding steroid dienone is 1. The SMILES string of the molecule is CCn1c(=O)c(C)nc2cc(C(=O)O[C@@H](C)C(=O)NCCC3=CCCCC3)ccc21. The highest BCUT2D eigenvalue weighted by molar-refractivity contribution is 5.95. The Bertz CT molecular complexity index is 1040. The molecule has 0 bridgehead atoms. The monoisotopic (exact) mass is 411 g/mol. The molecule has 0 unspecified atom stereocenters. The molecule has 0 spiro atoms. The maximum atomic E-state index is 12.5. The van der Waals surface area contributed by atoms with Crippen LogP contribution in [0, 0.1) is 6.92 Å². The summed E-state index contributed by atoms with van der Waals surface area (Å²) in [5.74, 6) is -0.905. The Labute approximate surface area is 176 Å². The summed E-state index contributed by atoms with van der Waals surface area (Å²) >= 11 is 0. The molecular weight excluding hydrogens is 382 g/mol. The molecule has 0 aliphatic heterocycles. The van der Waals surface area contributed by atoms with Crippen LogP contribution in [-0.2, 0) is 16.1 Å². The quantitative estimate of drug-likeness (QED) is 0.558. The van der Waals surface area contributed by atoms with Gasteiger partial charge in [-0.1, -0.05) is 11.6 Å². The smallest absolute Gasteiger partial charge is 0.338 e. The van der Waals surface area contributed by atoms with Crippen LogP contribution in [0.4, 0.5) is 0 Å². The minimum absolute atomic E-state index is 0.144. The van der Waals surface area contributed by atoms with Crippen molar-refractivity contribution in [2.45, 2.75) is 65.5 Å². The fraction of sp³-hybridized carbons (Fsp3) is 0.478. The van der Waals surface area contributed by atoms with E-state index in [9.17, 15) is 14.4 Å². The summed E-state index contributed by atoms with van der Waals surface area (Å²) in [6, 6.07) is 4.87. The second-order valence-electron chi connectivity index (χ2n) is 7.65. The number of rotatable bonds is 7. The highest BCUT2D eigenvalue weighted by Crippen LogP contribution is 2.19. The van der Waals surface area contributed by atoms with Gasteiger partial charge in [-0.25, -0.2) is 9.78 Å². The van der Waals surface area contributed by atoms with Crippen LogP contribution in [0.3, 0.4) is 0 Å². The summed E-state index contributed by atoms with van der Waals surface area (Å²) in [7, 11) is 0. The van der Waals surface area contributed by atoms with Crippen LogP contribution in [0.15, 0.2) is 34.6 Å². The van der Waals surface area contributed by atoms with Crippen molar-refractivity contribution < 1.29 is 14.3 Å². The summed E-state index contributed by atoms with van der Waals surface area (Å²) < 4.78 is 6.95. The molecule has 1 N–H and O–H groups in total. The zero-order valence-electron chi connectivity index (χ0n) is 17.9. The van der Waals surface area contributed by atoms with Crippen molar-refractivity contribution in [3.63, 3.8) is 0 Å². The predicted octanol–water partition coefficient (Wildman–Crippen LogP) is 3.28. The molecule has 0 radical (unpaired) electrons. The molecule has 30 heavy (non-hydrogen) atoms. The third-order valence-corrected chi connectivity index (χ3v) is 5.44. The molecule has 1 aliphatic rings. The topological polar surface area (TPSA) is 90.3 Å². The molecule has 1 atom stereocenters. The zero-order chi connectivity index (χ0) is 21.7. The van der Waals surface area contributed by atoms with Gasteiger partial charge >= 0.3 is 5.97 Å². The first kappa shape index (κ1) is 21.7. The van der Waals surface area contributed by atoms with Gasteiger partial charge in [0.2, 0.25) is 0 Å². The van der Waals surface area contributed by atoms with Gasteiger partial charge in [0.25, 0.3) is 11.5 Å². The maximum Gasteiger partial charge on any atom is 0.338 e. The van der Waals surface area contributed by atoms with Crippen LogP contribution in [0.25, 0.3) is 11.0 Å². The second kappa shape index (κ2) is 9.69. The lowest BCUT2D eigenvalue weighted by Gasteiger charge is -2.16. The van der Waals surface area contributed by atoms with E-state index in [-0.39, 0.29) is 11.5 Å². The highest BCUT2D eigenvalue weighted by atomic mass is 16.5. The van der Waals surface area contributed by atoms with E-state index in [4.69, 9.17) is 4.74 Å². The Morgan fingerprint density at radius 2 is 2.10 bits per heavy atom. The lowest BCUT2D eigenvalue weighted by Crippen LogP contribution is -2.36. The molecule has 1 aromatic heterocycles. The van der Waals surface area contributed by atoms with Crippen molar-refractivity contribution in [1.29, 1.82) is 0 Å². The summed E-state index contributed by atoms with van der Waals surface area (Å²) in [6.07, 6.45) is 6.86. The molecule has 1 aromatic carbocycles. The van der Waals surface area contributed by atoms with Gasteiger partial charge < -0.3 is 14.6 Å². The van der Waals surface area contributed by atoms with E-state index in [1.165, 1.54) is 18.4 Å². The Kier molecular flexibility index (Phi) is 7.03. The summed E-state index contributed by atoms with van der Waals surface area (Å²) in [6.45, 7) is 6.14. The average Bonchev–Trinajstić information content (AvgIpc) is 2.75. The lowest BCUT2D eigenvalue weighted by atomic mass is 9.97. The van der Waals surface area contributed by atoms with Crippen molar-refractivity contribution in [2.24, 2.45) is 0 Å². The second-order valence-corrected chi connectivity index (χ2v) is 7.65. The number of ether oxygens (including phenoxy) is 1. The van der Waals surface area contributed by atoms with E-state index >= 15 is 0 Å². The summed E-state index contributed by atoms with van der Waals surface area (Å²) in [4.78, 5) is 41.3. The molecule has 0 saturated carbocycles. The van der Waals surface area contributed by atoms with Gasteiger partial charge in [0.1, 0.15) is 5.69 Å². The number of esters is 1. The van der Waals surface area contributed by atoms with Gasteiger partial charge in [-0.3, -0.25) is 9.59 Å². The van der Waals surface area contributed by atoms with E-state index in [0.29, 0.717) is 35.4 Å². The van der Waals surface area contributed by atoms with E-state index in [1.807, 2.05) is 6.92 Å². The van der Waals surface area contributed by atoms with E-state index in [0.717, 1.165) is 19.3 Å². The number of nitrogens with one attached hydrogen (secondary N) is 1. The number of benzene rings is 1. The van der Waals surface area contributed by atoms with Crippen LogP contribution in [0.2, 0.25) is 0 Å². The number of aryl methyl sites for hydroxylation is 2. The Morgan fingerprint density at radius 3 is 2.80 bits per heavy atom. The van der Waals surface area contributed by atoms with Crippen LogP contribution in [-0.4, -0.2) is 34.1 Å². The largest absolute Gasteiger partial charge is 0.449 e. The molecule has 0 saturated heterocycles. The number of amides is 1. The Balaban J connectivity index is 1.62. The van der Waals surface area contributed by atoms with Crippen LogP contribution in [0.5, 0.6) is 0 Å². The Morgan fingerprint density at radius 1 is 1.30 bits per heavy atom. The van der Waals surface area contributed by atoms with Crippen molar-refractivity contribution >= 4 is 22.9 Å². The van der Waals surface area contributed by atoms with Crippen LogP contribution in [0.1, 0.15) is 62.0 Å². The number of hydrogen-bond donors (Lipinski definition) is 1. The van der Waals surface area contributed by atoms with Crippen LogP contribution < -0.4 is 10.9 Å².